The third kappa shape index (κ3) is 4.59. The lowest BCUT2D eigenvalue weighted by atomic mass is 9.95. The Morgan fingerprint density at radius 2 is 1.70 bits per heavy atom. The maximum absolute atomic E-state index is 13.1. The number of aliphatic hydroxyl groups is 1. The van der Waals surface area contributed by atoms with E-state index < -0.39 is 23.5 Å². The maximum Gasteiger partial charge on any atom is 0.295 e. The highest BCUT2D eigenvalue weighted by Gasteiger charge is 2.46. The minimum absolute atomic E-state index is 0.0112. The van der Waals surface area contributed by atoms with Gasteiger partial charge in [-0.3, -0.25) is 9.59 Å². The van der Waals surface area contributed by atoms with Gasteiger partial charge in [-0.1, -0.05) is 35.3 Å². The number of nitrogens with zero attached hydrogens (tertiary/aromatic N) is 2. The Bertz CT molecular complexity index is 1110. The van der Waals surface area contributed by atoms with E-state index in [-0.39, 0.29) is 45.0 Å². The molecule has 1 amide bonds. The Morgan fingerprint density at radius 3 is 2.24 bits per heavy atom. The smallest absolute Gasteiger partial charge is 0.295 e. The number of halogens is 2. The highest BCUT2D eigenvalue weighted by Crippen LogP contribution is 2.47. The summed E-state index contributed by atoms with van der Waals surface area (Å²) in [6.45, 7) is 0.728. The van der Waals surface area contributed by atoms with Crippen LogP contribution in [0.3, 0.4) is 0 Å². The number of aromatic hydroxyl groups is 1. The first-order chi connectivity index (χ1) is 15.6. The number of hydrogen-bond acceptors (Lipinski definition) is 7. The number of ether oxygens (including phenoxy) is 2. The minimum Gasteiger partial charge on any atom is -0.508 e. The summed E-state index contributed by atoms with van der Waals surface area (Å²) in [5.74, 6) is -1.87. The number of carbonyl (C=O) groups is 2. The summed E-state index contributed by atoms with van der Waals surface area (Å²) in [6, 6.07) is 6.54. The van der Waals surface area contributed by atoms with Gasteiger partial charge in [0.2, 0.25) is 0 Å². The molecule has 1 aliphatic rings. The van der Waals surface area contributed by atoms with Crippen LogP contribution in [0.25, 0.3) is 5.76 Å². The lowest BCUT2D eigenvalue weighted by Gasteiger charge is -2.26. The zero-order valence-corrected chi connectivity index (χ0v) is 20.1. The third-order valence-electron chi connectivity index (χ3n) is 5.33. The average molecular weight is 495 g/mol. The van der Waals surface area contributed by atoms with Crippen LogP contribution in [0, 0.1) is 0 Å². The molecule has 3 rings (SSSR count). The molecule has 1 atom stereocenters. The molecule has 1 aliphatic heterocycles. The van der Waals surface area contributed by atoms with E-state index in [9.17, 15) is 19.8 Å². The van der Waals surface area contributed by atoms with Gasteiger partial charge in [0.05, 0.1) is 36.4 Å². The van der Waals surface area contributed by atoms with E-state index in [0.717, 1.165) is 0 Å². The standard InChI is InChI=1S/C23H24Cl2N2O6/c1-26(2)9-10-27-18(12-5-7-13(28)8-6-12)16(20(30)23(27)31)19(29)14-11-15(24)22(33-4)17(25)21(14)32-3/h5-8,11,18,28-29H,9-10H2,1-4H3/b19-16+. The van der Waals surface area contributed by atoms with Crippen LogP contribution in [0.2, 0.25) is 10.0 Å². The summed E-state index contributed by atoms with van der Waals surface area (Å²) >= 11 is 12.6. The SMILES string of the molecule is COc1c(Cl)cc(/C(O)=C2\C(=O)C(=O)N(CCN(C)C)C2c2ccc(O)cc2)c(OC)c1Cl. The highest BCUT2D eigenvalue weighted by molar-refractivity contribution is 6.47. The normalized spacial score (nSPS) is 17.7. The van der Waals surface area contributed by atoms with Crippen LogP contribution in [0.1, 0.15) is 17.2 Å². The van der Waals surface area contributed by atoms with Crippen molar-refractivity contribution in [2.75, 3.05) is 41.4 Å². The van der Waals surface area contributed by atoms with Crippen molar-refractivity contribution in [1.29, 1.82) is 0 Å². The van der Waals surface area contributed by atoms with Crippen molar-refractivity contribution in [2.24, 2.45) is 0 Å². The van der Waals surface area contributed by atoms with Gasteiger partial charge in [0.1, 0.15) is 16.5 Å². The second kappa shape index (κ2) is 9.91. The molecule has 0 radical (unpaired) electrons. The van der Waals surface area contributed by atoms with Gasteiger partial charge >= 0.3 is 0 Å². The predicted molar refractivity (Wildman–Crippen MR) is 125 cm³/mol. The molecule has 2 N–H and O–H groups in total. The number of benzene rings is 2. The molecule has 176 valence electrons. The largest absolute Gasteiger partial charge is 0.508 e. The van der Waals surface area contributed by atoms with Crippen LogP contribution >= 0.6 is 23.2 Å². The molecule has 0 aromatic heterocycles. The van der Waals surface area contributed by atoms with Crippen LogP contribution in [-0.4, -0.2) is 73.1 Å². The van der Waals surface area contributed by atoms with Gasteiger partial charge in [-0.2, -0.15) is 0 Å². The molecule has 33 heavy (non-hydrogen) atoms. The molecule has 0 saturated carbocycles. The van der Waals surface area contributed by atoms with Crippen LogP contribution in [0.4, 0.5) is 0 Å². The zero-order chi connectivity index (χ0) is 24.4. The summed E-state index contributed by atoms with van der Waals surface area (Å²) < 4.78 is 10.6. The number of phenols is 1. The van der Waals surface area contributed by atoms with E-state index in [0.29, 0.717) is 12.1 Å². The van der Waals surface area contributed by atoms with Gasteiger partial charge < -0.3 is 29.5 Å². The maximum atomic E-state index is 13.1. The number of carbonyl (C=O) groups excluding carboxylic acids is 2. The van der Waals surface area contributed by atoms with E-state index in [2.05, 4.69) is 0 Å². The zero-order valence-electron chi connectivity index (χ0n) is 18.6. The summed E-state index contributed by atoms with van der Waals surface area (Å²) in [4.78, 5) is 29.3. The minimum atomic E-state index is -0.894. The Balaban J connectivity index is 2.26. The van der Waals surface area contributed by atoms with Crippen LogP contribution in [0.5, 0.6) is 17.2 Å². The second-order valence-electron chi connectivity index (χ2n) is 7.67. The van der Waals surface area contributed by atoms with Crippen molar-refractivity contribution >= 4 is 40.7 Å². The van der Waals surface area contributed by atoms with Crippen molar-refractivity contribution < 1.29 is 29.3 Å². The van der Waals surface area contributed by atoms with Gasteiger partial charge in [0.25, 0.3) is 11.7 Å². The molecule has 0 aliphatic carbocycles. The van der Waals surface area contributed by atoms with E-state index in [1.807, 2.05) is 19.0 Å². The quantitative estimate of drug-likeness (QED) is 0.343. The molecule has 2 aromatic rings. The van der Waals surface area contributed by atoms with Crippen LogP contribution in [0.15, 0.2) is 35.9 Å². The van der Waals surface area contributed by atoms with E-state index in [1.165, 1.54) is 37.3 Å². The Kier molecular flexibility index (Phi) is 7.41. The number of likely N-dealkylation sites (tertiary alicyclic amines) is 1. The molecule has 0 spiro atoms. The molecular weight excluding hydrogens is 471 g/mol. The number of rotatable bonds is 7. The molecule has 1 fully saturated rings. The first kappa shape index (κ1) is 24.7. The van der Waals surface area contributed by atoms with Crippen molar-refractivity contribution in [3.63, 3.8) is 0 Å². The summed E-state index contributed by atoms with van der Waals surface area (Å²) in [6.07, 6.45) is 0. The van der Waals surface area contributed by atoms with Gasteiger partial charge in [0, 0.05) is 13.1 Å². The van der Waals surface area contributed by atoms with Crippen LogP contribution < -0.4 is 9.47 Å². The van der Waals surface area contributed by atoms with Crippen LogP contribution in [-0.2, 0) is 9.59 Å². The Morgan fingerprint density at radius 1 is 1.09 bits per heavy atom. The fourth-order valence-electron chi connectivity index (χ4n) is 3.71. The lowest BCUT2D eigenvalue weighted by Crippen LogP contribution is -2.35. The number of ketones is 1. The number of methoxy groups -OCH3 is 2. The number of Topliss-reactive ketones (excluding diaryl/α,β-unsaturated/α-hetero) is 1. The van der Waals surface area contributed by atoms with Crippen molar-refractivity contribution in [1.82, 2.24) is 9.80 Å². The number of phenolic OH excluding ortho intramolecular Hbond substituents is 1. The van der Waals surface area contributed by atoms with E-state index in [1.54, 1.807) is 12.1 Å². The number of hydrogen-bond donors (Lipinski definition) is 2. The predicted octanol–water partition coefficient (Wildman–Crippen LogP) is 3.70. The Hall–Kier alpha value is -2.94. The molecule has 1 heterocycles. The average Bonchev–Trinajstić information content (AvgIpc) is 3.02. The third-order valence-corrected chi connectivity index (χ3v) is 5.96. The fraction of sp³-hybridized carbons (Fsp3) is 0.304. The molecule has 2 aromatic carbocycles. The van der Waals surface area contributed by atoms with Crippen molar-refractivity contribution in [3.8, 4) is 17.2 Å². The van der Waals surface area contributed by atoms with Gasteiger partial charge in [0.15, 0.2) is 11.5 Å². The number of amides is 1. The number of aliphatic hydroxyl groups excluding tert-OH is 1. The molecule has 8 nitrogen and oxygen atoms in total. The fourth-order valence-corrected chi connectivity index (χ4v) is 4.40. The topological polar surface area (TPSA) is 99.5 Å². The summed E-state index contributed by atoms with van der Waals surface area (Å²) in [5, 5.41) is 21.1. The van der Waals surface area contributed by atoms with Crippen molar-refractivity contribution in [2.45, 2.75) is 6.04 Å². The van der Waals surface area contributed by atoms with Gasteiger partial charge in [-0.15, -0.1) is 0 Å². The first-order valence-corrected chi connectivity index (χ1v) is 10.7. The summed E-state index contributed by atoms with van der Waals surface area (Å²) in [7, 11) is 6.42. The molecule has 1 unspecified atom stereocenters. The molecule has 10 heteroatoms. The second-order valence-corrected chi connectivity index (χ2v) is 8.46. The van der Waals surface area contributed by atoms with E-state index >= 15 is 0 Å². The highest BCUT2D eigenvalue weighted by atomic mass is 35.5. The monoisotopic (exact) mass is 494 g/mol. The van der Waals surface area contributed by atoms with Gasteiger partial charge in [-0.25, -0.2) is 0 Å². The first-order valence-electron chi connectivity index (χ1n) is 9.94. The Labute approximate surface area is 201 Å². The lowest BCUT2D eigenvalue weighted by molar-refractivity contribution is -0.140. The molecule has 0 bridgehead atoms. The summed E-state index contributed by atoms with van der Waals surface area (Å²) in [5.41, 5.74) is 0.444. The number of likely N-dealkylation sites (N-methyl/N-ethyl adjacent to an activating group) is 1. The van der Waals surface area contributed by atoms with Crippen molar-refractivity contribution in [3.05, 3.63) is 57.1 Å². The molecule has 1 saturated heterocycles. The van der Waals surface area contributed by atoms with E-state index in [4.69, 9.17) is 32.7 Å². The molecular formula is C23H24Cl2N2O6. The van der Waals surface area contributed by atoms with Gasteiger partial charge in [-0.05, 0) is 37.9 Å².